The Morgan fingerprint density at radius 2 is 2.62 bits per heavy atom. The maximum Gasteiger partial charge on any atom is 0.0874 e. The maximum absolute atomic E-state index is 3.99. The Morgan fingerprint density at radius 3 is 2.88 bits per heavy atom. The van der Waals surface area contributed by atoms with Crippen LogP contribution in [0.5, 0.6) is 0 Å². The molecule has 1 heterocycles. The van der Waals surface area contributed by atoms with Crippen molar-refractivity contribution in [1.29, 1.82) is 0 Å². The molecule has 0 aliphatic rings. The molecule has 0 atom stereocenters. The predicted molar refractivity (Wildman–Crippen MR) is 40.1 cm³/mol. The Labute approximate surface area is 60.2 Å². The summed E-state index contributed by atoms with van der Waals surface area (Å²) < 4.78 is 0.846. The van der Waals surface area contributed by atoms with Gasteiger partial charge in [-0.2, -0.15) is 0 Å². The van der Waals surface area contributed by atoms with Gasteiger partial charge in [0.1, 0.15) is 0 Å². The van der Waals surface area contributed by atoms with Crippen LogP contribution in [-0.2, 0) is 0 Å². The third-order valence-corrected chi connectivity index (χ3v) is 1.70. The summed E-state index contributed by atoms with van der Waals surface area (Å²) in [7, 11) is 0. The van der Waals surface area contributed by atoms with E-state index in [4.69, 9.17) is 0 Å². The van der Waals surface area contributed by atoms with Crippen LogP contribution in [0.3, 0.4) is 0 Å². The minimum Gasteiger partial charge on any atom is -0.244 e. The molecule has 0 amide bonds. The van der Waals surface area contributed by atoms with Crippen molar-refractivity contribution < 1.29 is 0 Å². The zero-order valence-corrected chi connectivity index (χ0v) is 6.50. The number of hydrogen-bond acceptors (Lipinski definition) is 2. The van der Waals surface area contributed by atoms with Crippen molar-refractivity contribution in [1.82, 2.24) is 4.98 Å². The van der Waals surface area contributed by atoms with Crippen molar-refractivity contribution in [2.75, 3.05) is 0 Å². The van der Waals surface area contributed by atoms with E-state index in [-0.39, 0.29) is 0 Å². The fourth-order valence-electron chi connectivity index (χ4n) is 0.346. The fraction of sp³-hybridized carbons (Fsp3) is 0. The number of hydrogen-bond donors (Lipinski definition) is 0. The molecular formula is C5H4BrNS. The van der Waals surface area contributed by atoms with Gasteiger partial charge in [-0.05, 0) is 15.9 Å². The maximum atomic E-state index is 3.99. The first kappa shape index (κ1) is 5.98. The lowest BCUT2D eigenvalue weighted by atomic mass is 10.5. The smallest absolute Gasteiger partial charge is 0.0874 e. The minimum atomic E-state index is 0.846. The summed E-state index contributed by atoms with van der Waals surface area (Å²) in [5.74, 6) is 0. The second-order valence-corrected chi connectivity index (χ2v) is 2.95. The van der Waals surface area contributed by atoms with E-state index >= 15 is 0 Å². The summed E-state index contributed by atoms with van der Waals surface area (Å²) in [5.41, 5.74) is 2.71. The molecule has 1 rings (SSSR count). The molecule has 0 fully saturated rings. The Balaban J connectivity index is 2.93. The zero-order valence-electron chi connectivity index (χ0n) is 4.10. The van der Waals surface area contributed by atoms with Gasteiger partial charge in [-0.3, -0.25) is 0 Å². The Morgan fingerprint density at radius 1 is 1.88 bits per heavy atom. The number of rotatable bonds is 1. The van der Waals surface area contributed by atoms with Gasteiger partial charge in [0.25, 0.3) is 0 Å². The molecule has 1 aromatic heterocycles. The third kappa shape index (κ3) is 1.17. The van der Waals surface area contributed by atoms with E-state index in [0.29, 0.717) is 0 Å². The normalized spacial score (nSPS) is 9.12. The molecule has 0 bridgehead atoms. The van der Waals surface area contributed by atoms with Gasteiger partial charge in [0.05, 0.1) is 11.2 Å². The van der Waals surface area contributed by atoms with Gasteiger partial charge in [0, 0.05) is 9.86 Å². The highest BCUT2D eigenvalue weighted by Crippen LogP contribution is 2.17. The highest BCUT2D eigenvalue weighted by molar-refractivity contribution is 9.15. The van der Waals surface area contributed by atoms with Gasteiger partial charge in [-0.1, -0.05) is 6.58 Å². The van der Waals surface area contributed by atoms with Crippen LogP contribution in [0.2, 0.25) is 0 Å². The number of halogens is 1. The summed E-state index contributed by atoms with van der Waals surface area (Å²) in [6, 6.07) is 0. The molecule has 8 heavy (non-hydrogen) atoms. The van der Waals surface area contributed by atoms with Crippen molar-refractivity contribution in [2.45, 2.75) is 0 Å². The standard InChI is InChI=1S/C5H4BrNS/c1-4(6)5-2-8-3-7-5/h2-3H,1H2. The molecule has 1 nitrogen and oxygen atoms in total. The molecule has 0 aliphatic heterocycles. The van der Waals surface area contributed by atoms with Crippen LogP contribution < -0.4 is 0 Å². The zero-order chi connectivity index (χ0) is 5.98. The monoisotopic (exact) mass is 189 g/mol. The summed E-state index contributed by atoms with van der Waals surface area (Å²) in [6.07, 6.45) is 0. The van der Waals surface area contributed by atoms with E-state index in [1.807, 2.05) is 5.38 Å². The summed E-state index contributed by atoms with van der Waals surface area (Å²) in [4.78, 5) is 3.99. The van der Waals surface area contributed by atoms with Crippen molar-refractivity contribution in [3.63, 3.8) is 0 Å². The second-order valence-electron chi connectivity index (χ2n) is 1.28. The fourth-order valence-corrected chi connectivity index (χ4v) is 1.28. The molecule has 0 spiro atoms. The SMILES string of the molecule is C=C(Br)c1cscn1. The Bertz CT molecular complexity index is 180. The van der Waals surface area contributed by atoms with Crippen molar-refractivity contribution in [2.24, 2.45) is 0 Å². The van der Waals surface area contributed by atoms with Crippen molar-refractivity contribution >= 4 is 31.7 Å². The Hall–Kier alpha value is -0.150. The number of aromatic nitrogens is 1. The van der Waals surface area contributed by atoms with Crippen molar-refractivity contribution in [3.8, 4) is 0 Å². The molecule has 1 aromatic rings. The van der Waals surface area contributed by atoms with Crippen LogP contribution in [0.1, 0.15) is 5.69 Å². The van der Waals surface area contributed by atoms with Crippen LogP contribution >= 0.6 is 27.3 Å². The van der Waals surface area contributed by atoms with Crippen LogP contribution in [0.4, 0.5) is 0 Å². The van der Waals surface area contributed by atoms with E-state index in [9.17, 15) is 0 Å². The number of nitrogens with zero attached hydrogens (tertiary/aromatic N) is 1. The van der Waals surface area contributed by atoms with E-state index in [2.05, 4.69) is 27.5 Å². The molecule has 3 heteroatoms. The topological polar surface area (TPSA) is 12.9 Å². The van der Waals surface area contributed by atoms with Gasteiger partial charge in [0.15, 0.2) is 0 Å². The molecule has 0 aliphatic carbocycles. The van der Waals surface area contributed by atoms with Crippen LogP contribution in [0.25, 0.3) is 4.48 Å². The number of thiazole rings is 1. The largest absolute Gasteiger partial charge is 0.244 e. The van der Waals surface area contributed by atoms with Crippen LogP contribution in [0.15, 0.2) is 17.5 Å². The third-order valence-electron chi connectivity index (χ3n) is 0.710. The molecule has 0 N–H and O–H groups in total. The molecule has 0 aromatic carbocycles. The highest BCUT2D eigenvalue weighted by atomic mass is 79.9. The van der Waals surface area contributed by atoms with E-state index in [0.717, 1.165) is 10.2 Å². The van der Waals surface area contributed by atoms with Gasteiger partial charge < -0.3 is 0 Å². The van der Waals surface area contributed by atoms with Gasteiger partial charge in [0.2, 0.25) is 0 Å². The lowest BCUT2D eigenvalue weighted by molar-refractivity contribution is 1.38. The van der Waals surface area contributed by atoms with E-state index < -0.39 is 0 Å². The average molecular weight is 190 g/mol. The van der Waals surface area contributed by atoms with E-state index in [1.165, 1.54) is 0 Å². The van der Waals surface area contributed by atoms with Crippen molar-refractivity contribution in [3.05, 3.63) is 23.2 Å². The lowest BCUT2D eigenvalue weighted by Crippen LogP contribution is -1.68. The highest BCUT2D eigenvalue weighted by Gasteiger charge is 1.92. The summed E-state index contributed by atoms with van der Waals surface area (Å²) >= 11 is 4.78. The average Bonchev–Trinajstić information content (AvgIpc) is 2.12. The molecule has 42 valence electrons. The first-order chi connectivity index (χ1) is 3.80. The predicted octanol–water partition coefficient (Wildman–Crippen LogP) is 2.51. The molecule has 0 radical (unpaired) electrons. The van der Waals surface area contributed by atoms with Crippen LogP contribution in [-0.4, -0.2) is 4.98 Å². The summed E-state index contributed by atoms with van der Waals surface area (Å²) in [6.45, 7) is 3.66. The molecular weight excluding hydrogens is 186 g/mol. The minimum absolute atomic E-state index is 0.846. The van der Waals surface area contributed by atoms with Gasteiger partial charge >= 0.3 is 0 Å². The quantitative estimate of drug-likeness (QED) is 0.662. The second kappa shape index (κ2) is 2.42. The molecule has 0 saturated carbocycles. The summed E-state index contributed by atoms with van der Waals surface area (Å²) in [5, 5.41) is 1.94. The van der Waals surface area contributed by atoms with Crippen LogP contribution in [0, 0.1) is 0 Å². The molecule has 0 saturated heterocycles. The molecule has 0 unspecified atom stereocenters. The van der Waals surface area contributed by atoms with E-state index in [1.54, 1.807) is 16.8 Å². The first-order valence-corrected chi connectivity index (χ1v) is 3.77. The Kier molecular flexibility index (Phi) is 1.81. The first-order valence-electron chi connectivity index (χ1n) is 2.03. The lowest BCUT2D eigenvalue weighted by Gasteiger charge is -1.82. The van der Waals surface area contributed by atoms with Gasteiger partial charge in [-0.25, -0.2) is 4.98 Å². The van der Waals surface area contributed by atoms with Gasteiger partial charge in [-0.15, -0.1) is 11.3 Å².